The molecule has 1 unspecified atom stereocenters. The fourth-order valence-corrected chi connectivity index (χ4v) is 1.52. The first-order valence-electron chi connectivity index (χ1n) is 5.07. The molecule has 0 bridgehead atoms. The van der Waals surface area contributed by atoms with E-state index in [1.54, 1.807) is 20.0 Å². The van der Waals surface area contributed by atoms with Gasteiger partial charge in [0.2, 0.25) is 0 Å². The van der Waals surface area contributed by atoms with Gasteiger partial charge in [-0.2, -0.15) is 5.26 Å². The summed E-state index contributed by atoms with van der Waals surface area (Å²) >= 11 is 0. The fourth-order valence-electron chi connectivity index (χ4n) is 1.52. The lowest BCUT2D eigenvalue weighted by Gasteiger charge is -2.20. The van der Waals surface area contributed by atoms with Gasteiger partial charge in [-0.25, -0.2) is 4.98 Å². The average molecular weight is 215 g/mol. The molecule has 0 amide bonds. The molecule has 0 spiro atoms. The van der Waals surface area contributed by atoms with Crippen LogP contribution in [0.25, 0.3) is 5.65 Å². The SMILES string of the molecule is CC(C)(C#N)C(O)c1cn2ccccc2n1. The van der Waals surface area contributed by atoms with Crippen LogP contribution in [0.1, 0.15) is 25.6 Å². The summed E-state index contributed by atoms with van der Waals surface area (Å²) in [6, 6.07) is 7.71. The van der Waals surface area contributed by atoms with E-state index in [1.165, 1.54) is 0 Å². The zero-order chi connectivity index (χ0) is 11.8. The Hall–Kier alpha value is -1.86. The third kappa shape index (κ3) is 1.66. The van der Waals surface area contributed by atoms with Crippen LogP contribution in [0.5, 0.6) is 0 Å². The number of imidazole rings is 1. The van der Waals surface area contributed by atoms with Crippen LogP contribution in [0.3, 0.4) is 0 Å². The third-order valence-electron chi connectivity index (χ3n) is 2.63. The normalized spacial score (nSPS) is 13.6. The molecule has 1 N–H and O–H groups in total. The van der Waals surface area contributed by atoms with Crippen LogP contribution in [0, 0.1) is 16.7 Å². The lowest BCUT2D eigenvalue weighted by molar-refractivity contribution is 0.0832. The Bertz CT molecular complexity index is 518. The number of aromatic nitrogens is 2. The van der Waals surface area contributed by atoms with Gasteiger partial charge in [0.25, 0.3) is 0 Å². The zero-order valence-corrected chi connectivity index (χ0v) is 9.25. The second-order valence-electron chi connectivity index (χ2n) is 4.37. The van der Waals surface area contributed by atoms with Crippen molar-refractivity contribution in [1.29, 1.82) is 5.26 Å². The molecular weight excluding hydrogens is 202 g/mol. The monoisotopic (exact) mass is 215 g/mol. The summed E-state index contributed by atoms with van der Waals surface area (Å²) < 4.78 is 1.83. The van der Waals surface area contributed by atoms with E-state index in [1.807, 2.05) is 28.8 Å². The van der Waals surface area contributed by atoms with Gasteiger partial charge in [-0.1, -0.05) is 6.07 Å². The molecule has 2 heterocycles. The van der Waals surface area contributed by atoms with Gasteiger partial charge in [-0.05, 0) is 26.0 Å². The number of pyridine rings is 1. The van der Waals surface area contributed by atoms with Crippen LogP contribution >= 0.6 is 0 Å². The minimum Gasteiger partial charge on any atom is -0.385 e. The average Bonchev–Trinajstić information content (AvgIpc) is 2.71. The number of nitriles is 1. The van der Waals surface area contributed by atoms with Gasteiger partial charge >= 0.3 is 0 Å². The van der Waals surface area contributed by atoms with E-state index in [4.69, 9.17) is 5.26 Å². The van der Waals surface area contributed by atoms with Crippen LogP contribution in [-0.2, 0) is 0 Å². The number of rotatable bonds is 2. The number of hydrogen-bond acceptors (Lipinski definition) is 3. The van der Waals surface area contributed by atoms with Crippen LogP contribution in [0.15, 0.2) is 30.6 Å². The van der Waals surface area contributed by atoms with Crippen molar-refractivity contribution in [3.63, 3.8) is 0 Å². The van der Waals surface area contributed by atoms with Gasteiger partial charge in [0.15, 0.2) is 0 Å². The van der Waals surface area contributed by atoms with Crippen molar-refractivity contribution in [2.24, 2.45) is 5.41 Å². The summed E-state index contributed by atoms with van der Waals surface area (Å²) in [6.45, 7) is 3.39. The second-order valence-corrected chi connectivity index (χ2v) is 4.37. The molecule has 0 aromatic carbocycles. The standard InChI is InChI=1S/C12H13N3O/c1-12(2,8-13)11(16)9-7-15-6-4-3-5-10(15)14-9/h3-7,11,16H,1-2H3. The first-order chi connectivity index (χ1) is 7.54. The maximum Gasteiger partial charge on any atom is 0.137 e. The van der Waals surface area contributed by atoms with Gasteiger partial charge in [-0.15, -0.1) is 0 Å². The van der Waals surface area contributed by atoms with Gasteiger partial charge in [-0.3, -0.25) is 0 Å². The summed E-state index contributed by atoms with van der Waals surface area (Å²) in [6.07, 6.45) is 2.73. The molecule has 0 aliphatic carbocycles. The summed E-state index contributed by atoms with van der Waals surface area (Å²) in [5.41, 5.74) is 0.459. The highest BCUT2D eigenvalue weighted by Gasteiger charge is 2.30. The van der Waals surface area contributed by atoms with Crippen molar-refractivity contribution < 1.29 is 5.11 Å². The first kappa shape index (κ1) is 10.7. The Morgan fingerprint density at radius 3 is 2.88 bits per heavy atom. The Kier molecular flexibility index (Phi) is 2.41. The molecule has 2 rings (SSSR count). The lowest BCUT2D eigenvalue weighted by Crippen LogP contribution is -2.20. The Labute approximate surface area is 93.8 Å². The molecule has 2 aromatic heterocycles. The molecule has 0 aliphatic heterocycles. The lowest BCUT2D eigenvalue weighted by atomic mass is 9.87. The Morgan fingerprint density at radius 2 is 2.25 bits per heavy atom. The van der Waals surface area contributed by atoms with E-state index < -0.39 is 11.5 Å². The van der Waals surface area contributed by atoms with E-state index in [2.05, 4.69) is 11.1 Å². The molecule has 0 aliphatic rings. The molecule has 82 valence electrons. The van der Waals surface area contributed by atoms with E-state index >= 15 is 0 Å². The minimum atomic E-state index is -0.877. The van der Waals surface area contributed by atoms with Crippen molar-refractivity contribution in [2.75, 3.05) is 0 Å². The van der Waals surface area contributed by atoms with E-state index in [9.17, 15) is 5.11 Å². The van der Waals surface area contributed by atoms with Crippen molar-refractivity contribution >= 4 is 5.65 Å². The summed E-state index contributed by atoms with van der Waals surface area (Å²) in [7, 11) is 0. The van der Waals surface area contributed by atoms with Crippen molar-refractivity contribution in [1.82, 2.24) is 9.38 Å². The number of aliphatic hydroxyl groups excluding tert-OH is 1. The van der Waals surface area contributed by atoms with Crippen LogP contribution in [0.4, 0.5) is 0 Å². The molecule has 4 nitrogen and oxygen atoms in total. The van der Waals surface area contributed by atoms with E-state index in [-0.39, 0.29) is 0 Å². The summed E-state index contributed by atoms with van der Waals surface area (Å²) in [5.74, 6) is 0. The third-order valence-corrected chi connectivity index (χ3v) is 2.63. The Morgan fingerprint density at radius 1 is 1.50 bits per heavy atom. The van der Waals surface area contributed by atoms with E-state index in [0.29, 0.717) is 5.69 Å². The topological polar surface area (TPSA) is 61.3 Å². The number of aliphatic hydroxyl groups is 1. The highest BCUT2D eigenvalue weighted by atomic mass is 16.3. The van der Waals surface area contributed by atoms with Crippen LogP contribution in [-0.4, -0.2) is 14.5 Å². The molecule has 16 heavy (non-hydrogen) atoms. The number of fused-ring (bicyclic) bond motifs is 1. The minimum absolute atomic E-state index is 0.526. The summed E-state index contributed by atoms with van der Waals surface area (Å²) in [5, 5.41) is 19.0. The maximum atomic E-state index is 10.1. The molecule has 2 aromatic rings. The molecule has 1 atom stereocenters. The van der Waals surface area contributed by atoms with Gasteiger partial charge in [0.05, 0.1) is 17.2 Å². The molecule has 4 heteroatoms. The molecule has 0 fully saturated rings. The highest BCUT2D eigenvalue weighted by Crippen LogP contribution is 2.31. The van der Waals surface area contributed by atoms with E-state index in [0.717, 1.165) is 5.65 Å². The number of hydrogen-bond donors (Lipinski definition) is 1. The quantitative estimate of drug-likeness (QED) is 0.832. The first-order valence-corrected chi connectivity index (χ1v) is 5.07. The predicted octanol–water partition coefficient (Wildman–Crippen LogP) is 1.92. The van der Waals surface area contributed by atoms with Crippen molar-refractivity contribution in [2.45, 2.75) is 20.0 Å². The molecule has 0 radical (unpaired) electrons. The fraction of sp³-hybridized carbons (Fsp3) is 0.333. The van der Waals surface area contributed by atoms with Crippen molar-refractivity contribution in [3.8, 4) is 6.07 Å². The predicted molar refractivity (Wildman–Crippen MR) is 59.5 cm³/mol. The number of nitrogens with zero attached hydrogens (tertiary/aromatic N) is 3. The highest BCUT2D eigenvalue weighted by molar-refractivity contribution is 5.40. The maximum absolute atomic E-state index is 10.1. The van der Waals surface area contributed by atoms with Gasteiger partial charge in [0, 0.05) is 12.4 Å². The van der Waals surface area contributed by atoms with Crippen LogP contribution in [0.2, 0.25) is 0 Å². The Balaban J connectivity index is 2.45. The van der Waals surface area contributed by atoms with Crippen LogP contribution < -0.4 is 0 Å². The molecular formula is C12H13N3O. The van der Waals surface area contributed by atoms with Gasteiger partial charge < -0.3 is 9.51 Å². The van der Waals surface area contributed by atoms with Gasteiger partial charge in [0.1, 0.15) is 11.8 Å². The molecule has 0 saturated heterocycles. The largest absolute Gasteiger partial charge is 0.385 e. The zero-order valence-electron chi connectivity index (χ0n) is 9.25. The van der Waals surface area contributed by atoms with Crippen molar-refractivity contribution in [3.05, 3.63) is 36.3 Å². The molecule has 0 saturated carbocycles. The summed E-state index contributed by atoms with van der Waals surface area (Å²) in [4.78, 5) is 4.29. The smallest absolute Gasteiger partial charge is 0.137 e. The second kappa shape index (κ2) is 3.62.